The molecule has 0 saturated carbocycles. The van der Waals surface area contributed by atoms with Gasteiger partial charge >= 0.3 is 11.2 Å². The lowest BCUT2D eigenvalue weighted by Gasteiger charge is -2.09. The number of hydrogen-bond donors (Lipinski definition) is 1. The number of pyridine rings is 1. The Hall–Kier alpha value is -2.83. The molecular formula is C13H12N2O5. The molecule has 1 aromatic carbocycles. The Kier molecular flexibility index (Phi) is 3.69. The van der Waals surface area contributed by atoms with Crippen LogP contribution < -0.4 is 15.0 Å². The second kappa shape index (κ2) is 5.43. The number of nitro groups is 1. The summed E-state index contributed by atoms with van der Waals surface area (Å²) in [6.07, 6.45) is 0. The van der Waals surface area contributed by atoms with Gasteiger partial charge in [0.15, 0.2) is 11.5 Å². The van der Waals surface area contributed by atoms with Crippen LogP contribution in [0.4, 0.5) is 5.69 Å². The molecule has 0 amide bonds. The summed E-state index contributed by atoms with van der Waals surface area (Å²) in [5.41, 5.74) is -0.118. The van der Waals surface area contributed by atoms with E-state index in [1.165, 1.54) is 26.4 Å². The lowest BCUT2D eigenvalue weighted by molar-refractivity contribution is -0.386. The van der Waals surface area contributed by atoms with E-state index in [1.54, 1.807) is 18.2 Å². The Morgan fingerprint density at radius 1 is 1.10 bits per heavy atom. The van der Waals surface area contributed by atoms with Gasteiger partial charge in [0.1, 0.15) is 0 Å². The van der Waals surface area contributed by atoms with Gasteiger partial charge in [0.05, 0.1) is 19.1 Å². The molecule has 2 aromatic rings. The lowest BCUT2D eigenvalue weighted by Crippen LogP contribution is -2.11. The first-order valence-electron chi connectivity index (χ1n) is 5.67. The highest BCUT2D eigenvalue weighted by Gasteiger charge is 2.13. The van der Waals surface area contributed by atoms with E-state index < -0.39 is 16.2 Å². The highest BCUT2D eigenvalue weighted by Crippen LogP contribution is 2.31. The van der Waals surface area contributed by atoms with Crippen LogP contribution in [0.3, 0.4) is 0 Å². The zero-order chi connectivity index (χ0) is 14.7. The molecule has 0 aliphatic heterocycles. The van der Waals surface area contributed by atoms with Crippen LogP contribution in [0.2, 0.25) is 0 Å². The zero-order valence-electron chi connectivity index (χ0n) is 10.9. The summed E-state index contributed by atoms with van der Waals surface area (Å²) >= 11 is 0. The zero-order valence-corrected chi connectivity index (χ0v) is 10.9. The van der Waals surface area contributed by atoms with Crippen molar-refractivity contribution in [1.29, 1.82) is 0 Å². The number of rotatable bonds is 4. The van der Waals surface area contributed by atoms with Crippen molar-refractivity contribution in [2.75, 3.05) is 14.2 Å². The average molecular weight is 276 g/mol. The Bertz CT molecular complexity index is 708. The number of hydrogen-bond acceptors (Lipinski definition) is 5. The van der Waals surface area contributed by atoms with Gasteiger partial charge in [-0.3, -0.25) is 14.9 Å². The first-order valence-corrected chi connectivity index (χ1v) is 5.67. The third kappa shape index (κ3) is 2.46. The Morgan fingerprint density at radius 3 is 2.35 bits per heavy atom. The Balaban J connectivity index is 2.49. The van der Waals surface area contributed by atoms with Gasteiger partial charge in [0.2, 0.25) is 0 Å². The van der Waals surface area contributed by atoms with E-state index in [0.717, 1.165) is 0 Å². The minimum absolute atomic E-state index is 0.460. The van der Waals surface area contributed by atoms with E-state index in [-0.39, 0.29) is 0 Å². The smallest absolute Gasteiger partial charge is 0.333 e. The topological polar surface area (TPSA) is 94.5 Å². The molecule has 0 saturated heterocycles. The summed E-state index contributed by atoms with van der Waals surface area (Å²) < 4.78 is 10.3. The maximum absolute atomic E-state index is 11.6. The first kappa shape index (κ1) is 13.6. The molecule has 7 nitrogen and oxygen atoms in total. The van der Waals surface area contributed by atoms with Crippen LogP contribution in [0.5, 0.6) is 11.5 Å². The number of ether oxygens (including phenoxy) is 2. The van der Waals surface area contributed by atoms with Gasteiger partial charge in [0.25, 0.3) is 0 Å². The van der Waals surface area contributed by atoms with E-state index in [9.17, 15) is 14.9 Å². The fraction of sp³-hybridized carbons (Fsp3) is 0.154. The second-order valence-corrected chi connectivity index (χ2v) is 3.91. The summed E-state index contributed by atoms with van der Waals surface area (Å²) in [6.45, 7) is 0. The van der Waals surface area contributed by atoms with E-state index in [4.69, 9.17) is 9.47 Å². The molecular weight excluding hydrogens is 264 g/mol. The van der Waals surface area contributed by atoms with Crippen molar-refractivity contribution < 1.29 is 14.4 Å². The fourth-order valence-electron chi connectivity index (χ4n) is 1.78. The van der Waals surface area contributed by atoms with Crippen molar-refractivity contribution in [3.05, 3.63) is 50.8 Å². The SMILES string of the molecule is COc1ccc(-c2ccc([N+](=O)[O-])c(=O)[nH]2)cc1OC. The Labute approximate surface area is 113 Å². The number of nitrogens with zero attached hydrogens (tertiary/aromatic N) is 1. The number of H-pyrrole nitrogens is 1. The normalized spacial score (nSPS) is 10.1. The summed E-state index contributed by atoms with van der Waals surface area (Å²) in [5, 5.41) is 10.6. The van der Waals surface area contributed by atoms with Crippen LogP contribution >= 0.6 is 0 Å². The number of aromatic nitrogens is 1. The molecule has 104 valence electrons. The van der Waals surface area contributed by atoms with Gasteiger partial charge in [-0.15, -0.1) is 0 Å². The van der Waals surface area contributed by atoms with Gasteiger partial charge < -0.3 is 14.5 Å². The fourth-order valence-corrected chi connectivity index (χ4v) is 1.78. The van der Waals surface area contributed by atoms with Gasteiger partial charge in [0, 0.05) is 17.3 Å². The molecule has 2 rings (SSSR count). The summed E-state index contributed by atoms with van der Waals surface area (Å²) in [7, 11) is 3.02. The van der Waals surface area contributed by atoms with Crippen molar-refractivity contribution in [2.24, 2.45) is 0 Å². The minimum Gasteiger partial charge on any atom is -0.493 e. The molecule has 20 heavy (non-hydrogen) atoms. The predicted octanol–water partition coefficient (Wildman–Crippen LogP) is 1.97. The lowest BCUT2D eigenvalue weighted by atomic mass is 10.1. The van der Waals surface area contributed by atoms with Crippen LogP contribution in [0.25, 0.3) is 11.3 Å². The van der Waals surface area contributed by atoms with Crippen molar-refractivity contribution in [3.63, 3.8) is 0 Å². The second-order valence-electron chi connectivity index (χ2n) is 3.91. The molecule has 0 aliphatic rings. The third-order valence-corrected chi connectivity index (χ3v) is 2.78. The van der Waals surface area contributed by atoms with Crippen molar-refractivity contribution in [3.8, 4) is 22.8 Å². The number of aromatic amines is 1. The van der Waals surface area contributed by atoms with Crippen LogP contribution in [0, 0.1) is 10.1 Å². The molecule has 0 fully saturated rings. The van der Waals surface area contributed by atoms with Gasteiger partial charge in [-0.1, -0.05) is 0 Å². The molecule has 0 atom stereocenters. The van der Waals surface area contributed by atoms with E-state index in [2.05, 4.69) is 4.98 Å². The standard InChI is InChI=1S/C13H12N2O5/c1-19-11-6-3-8(7-12(11)20-2)9-4-5-10(15(17)18)13(16)14-9/h3-7H,1-2H3,(H,14,16). The van der Waals surface area contributed by atoms with E-state index in [0.29, 0.717) is 22.8 Å². The molecule has 1 heterocycles. The van der Waals surface area contributed by atoms with E-state index in [1.807, 2.05) is 0 Å². The van der Waals surface area contributed by atoms with Crippen LogP contribution in [-0.2, 0) is 0 Å². The largest absolute Gasteiger partial charge is 0.493 e. The van der Waals surface area contributed by atoms with Crippen molar-refractivity contribution >= 4 is 5.69 Å². The highest BCUT2D eigenvalue weighted by atomic mass is 16.6. The maximum atomic E-state index is 11.6. The summed E-state index contributed by atoms with van der Waals surface area (Å²) in [5.74, 6) is 1.06. The summed E-state index contributed by atoms with van der Waals surface area (Å²) in [4.78, 5) is 23.9. The number of methoxy groups -OCH3 is 2. The molecule has 0 spiro atoms. The molecule has 7 heteroatoms. The van der Waals surface area contributed by atoms with Gasteiger partial charge in [-0.25, -0.2) is 0 Å². The summed E-state index contributed by atoms with van der Waals surface area (Å²) in [6, 6.07) is 7.73. The van der Waals surface area contributed by atoms with Crippen molar-refractivity contribution in [1.82, 2.24) is 4.98 Å². The van der Waals surface area contributed by atoms with Crippen LogP contribution in [0.15, 0.2) is 35.1 Å². The molecule has 0 radical (unpaired) electrons. The van der Waals surface area contributed by atoms with Crippen molar-refractivity contribution in [2.45, 2.75) is 0 Å². The molecule has 1 N–H and O–H groups in total. The average Bonchev–Trinajstić information content (AvgIpc) is 2.45. The minimum atomic E-state index is -0.748. The van der Waals surface area contributed by atoms with Crippen LogP contribution in [-0.4, -0.2) is 24.1 Å². The molecule has 0 aliphatic carbocycles. The molecule has 0 bridgehead atoms. The van der Waals surface area contributed by atoms with Gasteiger partial charge in [-0.2, -0.15) is 0 Å². The number of nitrogens with one attached hydrogen (secondary N) is 1. The predicted molar refractivity (Wildman–Crippen MR) is 72.3 cm³/mol. The highest BCUT2D eigenvalue weighted by molar-refractivity contribution is 5.64. The Morgan fingerprint density at radius 2 is 1.80 bits per heavy atom. The third-order valence-electron chi connectivity index (χ3n) is 2.78. The van der Waals surface area contributed by atoms with Gasteiger partial charge in [-0.05, 0) is 24.3 Å². The number of benzene rings is 1. The van der Waals surface area contributed by atoms with E-state index >= 15 is 0 Å². The first-order chi connectivity index (χ1) is 9.56. The van der Waals surface area contributed by atoms with Crippen LogP contribution in [0.1, 0.15) is 0 Å². The monoisotopic (exact) mass is 276 g/mol. The maximum Gasteiger partial charge on any atom is 0.333 e. The molecule has 1 aromatic heterocycles. The quantitative estimate of drug-likeness (QED) is 0.680. The molecule has 0 unspecified atom stereocenters.